The minimum Gasteiger partial charge on any atom is -0.382 e. The normalized spacial score (nSPS) is 18.9. The summed E-state index contributed by atoms with van der Waals surface area (Å²) in [6.45, 7) is 2.09. The minimum atomic E-state index is -4.21. The third-order valence-electron chi connectivity index (χ3n) is 3.38. The van der Waals surface area contributed by atoms with Crippen LogP contribution in [0, 0.1) is 0 Å². The average Bonchev–Trinajstić information content (AvgIpc) is 2.44. The molecule has 0 amide bonds. The smallest absolute Gasteiger partial charge is 0.382 e. The van der Waals surface area contributed by atoms with Gasteiger partial charge in [0.1, 0.15) is 5.83 Å². The summed E-state index contributed by atoms with van der Waals surface area (Å²) >= 11 is 4.16. The van der Waals surface area contributed by atoms with Gasteiger partial charge in [0.2, 0.25) is 0 Å². The molecule has 0 heterocycles. The van der Waals surface area contributed by atoms with Crippen LogP contribution in [0.1, 0.15) is 18.9 Å². The van der Waals surface area contributed by atoms with Gasteiger partial charge in [0.05, 0.1) is 5.75 Å². The van der Waals surface area contributed by atoms with Crippen molar-refractivity contribution >= 4 is 27.7 Å². The number of rotatable bonds is 5. The topological polar surface area (TPSA) is 12.0 Å². The molecular weight excluding hydrogens is 394 g/mol. The molecule has 0 spiro atoms. The molecule has 23 heavy (non-hydrogen) atoms. The molecule has 0 fully saturated rings. The molecule has 1 aliphatic carbocycles. The van der Waals surface area contributed by atoms with E-state index >= 15 is 0 Å². The Kier molecular flexibility index (Phi) is 6.19. The molecule has 1 aromatic rings. The molecule has 1 aliphatic rings. The lowest BCUT2D eigenvalue weighted by molar-refractivity contribution is -0.105. The van der Waals surface area contributed by atoms with Crippen LogP contribution in [0.2, 0.25) is 0 Å². The standard InChI is InChI=1S/C16H16BrF4NS/c1-10-5-13(18)14(7-15(10)23-9-16(19,20)21)22-8-11-3-2-4-12(17)6-11/h2-6,15,22H,7-9H2,1H3. The maximum Gasteiger partial charge on any atom is 0.397 e. The summed E-state index contributed by atoms with van der Waals surface area (Å²) in [6, 6.07) is 7.57. The third kappa shape index (κ3) is 5.88. The van der Waals surface area contributed by atoms with Gasteiger partial charge in [0.15, 0.2) is 0 Å². The number of thioether (sulfide) groups is 1. The van der Waals surface area contributed by atoms with Crippen molar-refractivity contribution in [2.75, 3.05) is 5.75 Å². The predicted octanol–water partition coefficient (Wildman–Crippen LogP) is 5.73. The molecule has 7 heteroatoms. The van der Waals surface area contributed by atoms with Gasteiger partial charge in [-0.1, -0.05) is 33.6 Å². The highest BCUT2D eigenvalue weighted by Crippen LogP contribution is 2.35. The van der Waals surface area contributed by atoms with Gasteiger partial charge >= 0.3 is 6.18 Å². The summed E-state index contributed by atoms with van der Waals surface area (Å²) in [7, 11) is 0. The summed E-state index contributed by atoms with van der Waals surface area (Å²) in [4.78, 5) is 0. The molecule has 1 nitrogen and oxygen atoms in total. The molecule has 0 aliphatic heterocycles. The summed E-state index contributed by atoms with van der Waals surface area (Å²) in [5, 5.41) is 2.65. The zero-order valence-corrected chi connectivity index (χ0v) is 14.8. The van der Waals surface area contributed by atoms with Gasteiger partial charge in [-0.05, 0) is 30.7 Å². The Morgan fingerprint density at radius 2 is 2.09 bits per heavy atom. The zero-order valence-electron chi connectivity index (χ0n) is 12.4. The summed E-state index contributed by atoms with van der Waals surface area (Å²) in [5.41, 5.74) is 1.95. The molecule has 0 aromatic heterocycles. The molecule has 1 aromatic carbocycles. The van der Waals surface area contributed by atoms with Crippen LogP contribution < -0.4 is 5.32 Å². The largest absolute Gasteiger partial charge is 0.397 e. The van der Waals surface area contributed by atoms with Crippen molar-refractivity contribution in [2.45, 2.75) is 31.3 Å². The third-order valence-corrected chi connectivity index (χ3v) is 5.31. The number of nitrogens with one attached hydrogen (secondary N) is 1. The van der Waals surface area contributed by atoms with Gasteiger partial charge in [-0.25, -0.2) is 4.39 Å². The first-order chi connectivity index (χ1) is 10.7. The van der Waals surface area contributed by atoms with Gasteiger partial charge in [0, 0.05) is 28.4 Å². The second kappa shape index (κ2) is 7.75. The van der Waals surface area contributed by atoms with Gasteiger partial charge in [-0.15, -0.1) is 11.8 Å². The molecule has 0 saturated carbocycles. The van der Waals surface area contributed by atoms with E-state index in [1.165, 1.54) is 6.08 Å². The van der Waals surface area contributed by atoms with Gasteiger partial charge in [-0.3, -0.25) is 0 Å². The highest BCUT2D eigenvalue weighted by molar-refractivity contribution is 9.10. The van der Waals surface area contributed by atoms with Gasteiger partial charge < -0.3 is 5.32 Å². The van der Waals surface area contributed by atoms with E-state index in [1.807, 2.05) is 24.3 Å². The van der Waals surface area contributed by atoms with Crippen LogP contribution in [0.15, 0.2) is 51.9 Å². The van der Waals surface area contributed by atoms with Gasteiger partial charge in [0.25, 0.3) is 0 Å². The highest BCUT2D eigenvalue weighted by atomic mass is 79.9. The van der Waals surface area contributed by atoms with Crippen molar-refractivity contribution in [3.63, 3.8) is 0 Å². The number of halogens is 5. The van der Waals surface area contributed by atoms with E-state index in [4.69, 9.17) is 0 Å². The SMILES string of the molecule is CC1=CC(F)=C(NCc2cccc(Br)c2)CC1SCC(F)(F)F. The number of hydrogen-bond donors (Lipinski definition) is 1. The quantitative estimate of drug-likeness (QED) is 0.622. The fourth-order valence-electron chi connectivity index (χ4n) is 2.22. The first kappa shape index (κ1) is 18.4. The van der Waals surface area contributed by atoms with E-state index in [9.17, 15) is 17.6 Å². The van der Waals surface area contributed by atoms with E-state index in [0.29, 0.717) is 17.8 Å². The second-order valence-corrected chi connectivity index (χ2v) is 7.42. The van der Waals surface area contributed by atoms with E-state index in [2.05, 4.69) is 21.2 Å². The van der Waals surface area contributed by atoms with Crippen LogP contribution in [0.5, 0.6) is 0 Å². The lowest BCUT2D eigenvalue weighted by atomic mass is 10.0. The molecule has 0 bridgehead atoms. The Morgan fingerprint density at radius 3 is 2.74 bits per heavy atom. The Labute approximate surface area is 145 Å². The van der Waals surface area contributed by atoms with Crippen LogP contribution in [-0.2, 0) is 6.54 Å². The average molecular weight is 410 g/mol. The monoisotopic (exact) mass is 409 g/mol. The molecule has 1 N–H and O–H groups in total. The van der Waals surface area contributed by atoms with Crippen molar-refractivity contribution in [3.8, 4) is 0 Å². The Balaban J connectivity index is 1.99. The number of hydrogen-bond acceptors (Lipinski definition) is 2. The lowest BCUT2D eigenvalue weighted by Gasteiger charge is -2.25. The first-order valence-corrected chi connectivity index (χ1v) is 8.82. The fourth-order valence-corrected chi connectivity index (χ4v) is 3.67. The van der Waals surface area contributed by atoms with E-state index in [-0.39, 0.29) is 11.7 Å². The summed E-state index contributed by atoms with van der Waals surface area (Å²) < 4.78 is 52.1. The number of allylic oxidation sites excluding steroid dienone is 3. The van der Waals surface area contributed by atoms with Crippen molar-refractivity contribution in [1.29, 1.82) is 0 Å². The molecule has 126 valence electrons. The summed E-state index contributed by atoms with van der Waals surface area (Å²) in [5.74, 6) is -1.33. The molecule has 1 atom stereocenters. The fraction of sp³-hybridized carbons (Fsp3) is 0.375. The van der Waals surface area contributed by atoms with Crippen molar-refractivity contribution in [2.24, 2.45) is 0 Å². The van der Waals surface area contributed by atoms with E-state index < -0.39 is 17.8 Å². The Hall–Kier alpha value is -0.950. The zero-order chi connectivity index (χ0) is 17.0. The number of benzene rings is 1. The van der Waals surface area contributed by atoms with Crippen LogP contribution >= 0.6 is 27.7 Å². The van der Waals surface area contributed by atoms with Crippen molar-refractivity contribution in [1.82, 2.24) is 5.32 Å². The number of alkyl halides is 3. The summed E-state index contributed by atoms with van der Waals surface area (Å²) in [6.07, 6.45) is -2.65. The molecule has 0 saturated heterocycles. The van der Waals surface area contributed by atoms with Crippen LogP contribution in [0.4, 0.5) is 17.6 Å². The highest BCUT2D eigenvalue weighted by Gasteiger charge is 2.31. The van der Waals surface area contributed by atoms with Crippen molar-refractivity contribution < 1.29 is 17.6 Å². The molecule has 1 unspecified atom stereocenters. The van der Waals surface area contributed by atoms with Crippen LogP contribution in [0.25, 0.3) is 0 Å². The van der Waals surface area contributed by atoms with E-state index in [1.54, 1.807) is 6.92 Å². The molecule has 0 radical (unpaired) electrons. The van der Waals surface area contributed by atoms with E-state index in [0.717, 1.165) is 21.8 Å². The first-order valence-electron chi connectivity index (χ1n) is 6.98. The predicted molar refractivity (Wildman–Crippen MR) is 89.8 cm³/mol. The minimum absolute atomic E-state index is 0.239. The Bertz CT molecular complexity index is 625. The maximum absolute atomic E-state index is 14.0. The molecular formula is C16H16BrF4NS. The second-order valence-electron chi connectivity index (χ2n) is 5.32. The van der Waals surface area contributed by atoms with Crippen molar-refractivity contribution in [3.05, 3.63) is 57.5 Å². The Morgan fingerprint density at radius 1 is 1.35 bits per heavy atom. The van der Waals surface area contributed by atoms with Crippen LogP contribution in [0.3, 0.4) is 0 Å². The molecule has 2 rings (SSSR count). The van der Waals surface area contributed by atoms with Crippen LogP contribution in [-0.4, -0.2) is 17.2 Å². The lowest BCUT2D eigenvalue weighted by Crippen LogP contribution is -2.23. The maximum atomic E-state index is 14.0. The van der Waals surface area contributed by atoms with Gasteiger partial charge in [-0.2, -0.15) is 13.2 Å².